The first kappa shape index (κ1) is 14.4. The maximum Gasteiger partial charge on any atom is 0.220 e. The lowest BCUT2D eigenvalue weighted by Crippen LogP contribution is -2.29. The molecule has 1 saturated heterocycles. The van der Waals surface area contributed by atoms with Crippen LogP contribution in [0.4, 0.5) is 0 Å². The Kier molecular flexibility index (Phi) is 4.90. The van der Waals surface area contributed by atoms with E-state index < -0.39 is 6.10 Å². The van der Waals surface area contributed by atoms with Crippen molar-refractivity contribution in [2.75, 3.05) is 20.1 Å². The van der Waals surface area contributed by atoms with Gasteiger partial charge in [-0.3, -0.25) is 9.78 Å². The van der Waals surface area contributed by atoms with Crippen molar-refractivity contribution in [3.05, 3.63) is 28.5 Å². The summed E-state index contributed by atoms with van der Waals surface area (Å²) in [4.78, 5) is 17.9. The Hall–Kier alpha value is -0.980. The monoisotopic (exact) mass is 327 g/mol. The van der Waals surface area contributed by atoms with E-state index in [0.29, 0.717) is 19.5 Å². The minimum absolute atomic E-state index is 0.0249. The molecule has 0 aromatic carbocycles. The fourth-order valence-electron chi connectivity index (χ4n) is 2.32. The van der Waals surface area contributed by atoms with Gasteiger partial charge >= 0.3 is 0 Å². The summed E-state index contributed by atoms with van der Waals surface area (Å²) in [5.41, 5.74) is 0.993. The number of nitrogens with zero attached hydrogens (tertiary/aromatic N) is 2. The second kappa shape index (κ2) is 6.45. The highest BCUT2D eigenvalue weighted by molar-refractivity contribution is 9.10. The van der Waals surface area contributed by atoms with Gasteiger partial charge in [-0.05, 0) is 34.6 Å². The molecule has 1 aliphatic heterocycles. The fourth-order valence-corrected chi connectivity index (χ4v) is 2.71. The number of carbonyl (C=O) groups is 1. The molecule has 2 N–H and O–H groups in total. The summed E-state index contributed by atoms with van der Waals surface area (Å²) in [6.45, 7) is 1.89. The van der Waals surface area contributed by atoms with Gasteiger partial charge in [-0.15, -0.1) is 0 Å². The van der Waals surface area contributed by atoms with E-state index >= 15 is 0 Å². The first-order valence-electron chi connectivity index (χ1n) is 6.28. The van der Waals surface area contributed by atoms with Crippen LogP contribution in [0.1, 0.15) is 12.0 Å². The number of hydrogen-bond acceptors (Lipinski definition) is 4. The highest BCUT2D eigenvalue weighted by Gasteiger charge is 2.30. The number of likely N-dealkylation sites (tertiary alicyclic amines) is 1. The van der Waals surface area contributed by atoms with Gasteiger partial charge in [-0.1, -0.05) is 0 Å². The molecule has 6 heteroatoms. The van der Waals surface area contributed by atoms with Crippen molar-refractivity contribution in [3.63, 3.8) is 0 Å². The Bertz CT molecular complexity index is 455. The number of pyridine rings is 1. The van der Waals surface area contributed by atoms with E-state index in [1.165, 1.54) is 0 Å². The van der Waals surface area contributed by atoms with E-state index in [1.807, 2.05) is 18.0 Å². The molecule has 104 valence electrons. The van der Waals surface area contributed by atoms with E-state index in [1.54, 1.807) is 12.4 Å². The number of nitrogens with one attached hydrogen (secondary N) is 1. The summed E-state index contributed by atoms with van der Waals surface area (Å²) < 4.78 is 0.885. The molecule has 0 saturated carbocycles. The molecule has 1 fully saturated rings. The summed E-state index contributed by atoms with van der Waals surface area (Å²) in [5.74, 6) is 0.00828. The minimum Gasteiger partial charge on any atom is -0.391 e. The number of aliphatic hydroxyl groups is 1. The molecule has 5 nitrogen and oxygen atoms in total. The van der Waals surface area contributed by atoms with Crippen LogP contribution < -0.4 is 5.32 Å². The second-order valence-electron chi connectivity index (χ2n) is 5.00. The zero-order valence-corrected chi connectivity index (χ0v) is 12.4. The maximum atomic E-state index is 11.9. The first-order valence-corrected chi connectivity index (χ1v) is 7.07. The van der Waals surface area contributed by atoms with Crippen LogP contribution in [0.3, 0.4) is 0 Å². The van der Waals surface area contributed by atoms with Crippen LogP contribution in [0.15, 0.2) is 22.9 Å². The van der Waals surface area contributed by atoms with Crippen molar-refractivity contribution in [1.82, 2.24) is 15.2 Å². The molecular weight excluding hydrogens is 310 g/mol. The SMILES string of the molecule is CN1C[C@@H](CC(=O)NCc2ccncc2Br)[C@H](O)C1. The first-order chi connectivity index (χ1) is 9.06. The van der Waals surface area contributed by atoms with Crippen LogP contribution in [0.25, 0.3) is 0 Å². The quantitative estimate of drug-likeness (QED) is 0.857. The summed E-state index contributed by atoms with van der Waals surface area (Å²) >= 11 is 3.39. The molecule has 1 aliphatic rings. The molecule has 0 radical (unpaired) electrons. The Labute approximate surface area is 121 Å². The zero-order chi connectivity index (χ0) is 13.8. The molecule has 0 aliphatic carbocycles. The van der Waals surface area contributed by atoms with Crippen LogP contribution in [0.5, 0.6) is 0 Å². The molecule has 2 atom stereocenters. The lowest BCUT2D eigenvalue weighted by Gasteiger charge is -2.13. The maximum absolute atomic E-state index is 11.9. The largest absolute Gasteiger partial charge is 0.391 e. The number of amides is 1. The number of β-amino-alcohol motifs (C(OH)–C–C–N with tert-alkyl or cyclic N) is 1. The van der Waals surface area contributed by atoms with Crippen molar-refractivity contribution in [2.24, 2.45) is 5.92 Å². The van der Waals surface area contributed by atoms with Gasteiger partial charge < -0.3 is 15.3 Å². The average Bonchev–Trinajstić information content (AvgIpc) is 2.67. The van der Waals surface area contributed by atoms with E-state index in [0.717, 1.165) is 16.6 Å². The van der Waals surface area contributed by atoms with Gasteiger partial charge in [-0.2, -0.15) is 0 Å². The van der Waals surface area contributed by atoms with Gasteiger partial charge in [-0.25, -0.2) is 0 Å². The molecule has 0 unspecified atom stereocenters. The molecule has 1 aromatic rings. The normalized spacial score (nSPS) is 23.5. The highest BCUT2D eigenvalue weighted by atomic mass is 79.9. The van der Waals surface area contributed by atoms with Gasteiger partial charge in [0.15, 0.2) is 0 Å². The van der Waals surface area contributed by atoms with Crippen LogP contribution in [-0.2, 0) is 11.3 Å². The summed E-state index contributed by atoms with van der Waals surface area (Å²) in [6, 6.07) is 1.86. The zero-order valence-electron chi connectivity index (χ0n) is 10.8. The van der Waals surface area contributed by atoms with Gasteiger partial charge in [0.1, 0.15) is 0 Å². The molecule has 1 aromatic heterocycles. The van der Waals surface area contributed by atoms with E-state index in [9.17, 15) is 9.90 Å². The van der Waals surface area contributed by atoms with Crippen LogP contribution >= 0.6 is 15.9 Å². The van der Waals surface area contributed by atoms with Gasteiger partial charge in [0.05, 0.1) is 6.10 Å². The third kappa shape index (κ3) is 3.99. The third-order valence-corrected chi connectivity index (χ3v) is 4.08. The Balaban J connectivity index is 1.81. The van der Waals surface area contributed by atoms with Gasteiger partial charge in [0.25, 0.3) is 0 Å². The number of aliphatic hydroxyl groups excluding tert-OH is 1. The minimum atomic E-state index is -0.400. The third-order valence-electron chi connectivity index (χ3n) is 3.37. The van der Waals surface area contributed by atoms with E-state index in [4.69, 9.17) is 0 Å². The molecular formula is C13H18BrN3O2. The van der Waals surface area contributed by atoms with Crippen molar-refractivity contribution in [2.45, 2.75) is 19.1 Å². The molecule has 19 heavy (non-hydrogen) atoms. The lowest BCUT2D eigenvalue weighted by molar-refractivity contribution is -0.122. The number of aromatic nitrogens is 1. The van der Waals surface area contributed by atoms with Crippen molar-refractivity contribution in [3.8, 4) is 0 Å². The number of hydrogen-bond donors (Lipinski definition) is 2. The number of carbonyl (C=O) groups excluding carboxylic acids is 1. The lowest BCUT2D eigenvalue weighted by atomic mass is 10.0. The molecule has 2 rings (SSSR count). The number of halogens is 1. The molecule has 1 amide bonds. The smallest absolute Gasteiger partial charge is 0.220 e. The number of rotatable bonds is 4. The van der Waals surface area contributed by atoms with Gasteiger partial charge in [0, 0.05) is 48.8 Å². The van der Waals surface area contributed by atoms with Crippen molar-refractivity contribution >= 4 is 21.8 Å². The molecule has 0 bridgehead atoms. The predicted molar refractivity (Wildman–Crippen MR) is 75.4 cm³/mol. The number of likely N-dealkylation sites (N-methyl/N-ethyl adjacent to an activating group) is 1. The predicted octanol–water partition coefficient (Wildman–Crippen LogP) is 0.773. The Morgan fingerprint density at radius 2 is 2.42 bits per heavy atom. The summed E-state index contributed by atoms with van der Waals surface area (Å²) in [5, 5.41) is 12.7. The van der Waals surface area contributed by atoms with Gasteiger partial charge in [0.2, 0.25) is 5.91 Å². The average molecular weight is 328 g/mol. The van der Waals surface area contributed by atoms with E-state index in [-0.39, 0.29) is 11.8 Å². The van der Waals surface area contributed by atoms with Crippen LogP contribution in [0, 0.1) is 5.92 Å². The molecule has 0 spiro atoms. The Morgan fingerprint density at radius 3 is 3.05 bits per heavy atom. The van der Waals surface area contributed by atoms with E-state index in [2.05, 4.69) is 26.2 Å². The van der Waals surface area contributed by atoms with Crippen molar-refractivity contribution in [1.29, 1.82) is 0 Å². The van der Waals surface area contributed by atoms with Crippen LogP contribution in [0.2, 0.25) is 0 Å². The van der Waals surface area contributed by atoms with Crippen LogP contribution in [-0.4, -0.2) is 47.1 Å². The second-order valence-corrected chi connectivity index (χ2v) is 5.85. The van der Waals surface area contributed by atoms with Crippen molar-refractivity contribution < 1.29 is 9.90 Å². The summed E-state index contributed by atoms with van der Waals surface area (Å²) in [7, 11) is 1.95. The molecule has 2 heterocycles. The summed E-state index contributed by atoms with van der Waals surface area (Å²) in [6.07, 6.45) is 3.37. The fraction of sp³-hybridized carbons (Fsp3) is 0.538. The standard InChI is InChI=1S/C13H18BrN3O2/c1-17-7-10(12(18)8-17)4-13(19)16-5-9-2-3-15-6-11(9)14/h2-3,6,10,12,18H,4-5,7-8H2,1H3,(H,16,19)/t10-,12-/m1/s1. The Morgan fingerprint density at radius 1 is 1.63 bits per heavy atom. The topological polar surface area (TPSA) is 65.5 Å². The highest BCUT2D eigenvalue weighted by Crippen LogP contribution is 2.19.